The van der Waals surface area contributed by atoms with E-state index in [1.165, 1.54) is 12.1 Å². The molecular formula is C15H12BrFO2. The molecule has 0 aliphatic rings. The number of hydrogen-bond donors (Lipinski definition) is 0. The van der Waals surface area contributed by atoms with Gasteiger partial charge in [-0.1, -0.05) is 24.3 Å². The maximum Gasteiger partial charge on any atom is 0.168 e. The molecule has 0 radical (unpaired) electrons. The summed E-state index contributed by atoms with van der Waals surface area (Å²) in [5, 5.41) is 0. The number of carbonyl (C=O) groups excluding carboxylic acids is 1. The Kier molecular flexibility index (Phi) is 4.32. The third-order valence-corrected chi connectivity index (χ3v) is 3.58. The number of halogens is 2. The summed E-state index contributed by atoms with van der Waals surface area (Å²) in [7, 11) is 1.59. The van der Waals surface area contributed by atoms with Crippen LogP contribution in [0.25, 0.3) is 0 Å². The number of ketones is 1. The van der Waals surface area contributed by atoms with Crippen molar-refractivity contribution in [2.75, 3.05) is 7.11 Å². The Bertz CT molecular complexity index is 594. The fourth-order valence-corrected chi connectivity index (χ4v) is 2.23. The fourth-order valence-electron chi connectivity index (χ4n) is 1.74. The molecule has 2 aromatic rings. The molecule has 0 aromatic heterocycles. The van der Waals surface area contributed by atoms with Gasteiger partial charge in [-0.2, -0.15) is 0 Å². The molecule has 0 aliphatic carbocycles. The van der Waals surface area contributed by atoms with E-state index >= 15 is 0 Å². The predicted molar refractivity (Wildman–Crippen MR) is 75.1 cm³/mol. The quantitative estimate of drug-likeness (QED) is 0.795. The summed E-state index contributed by atoms with van der Waals surface area (Å²) < 4.78 is 18.6. The van der Waals surface area contributed by atoms with Gasteiger partial charge in [0.25, 0.3) is 0 Å². The first-order chi connectivity index (χ1) is 9.11. The van der Waals surface area contributed by atoms with Crippen molar-refractivity contribution >= 4 is 21.7 Å². The maximum absolute atomic E-state index is 13.4. The van der Waals surface area contributed by atoms with E-state index in [4.69, 9.17) is 4.74 Å². The normalized spacial score (nSPS) is 10.3. The van der Waals surface area contributed by atoms with Gasteiger partial charge >= 0.3 is 0 Å². The van der Waals surface area contributed by atoms with E-state index in [1.807, 2.05) is 12.1 Å². The van der Waals surface area contributed by atoms with Crippen molar-refractivity contribution in [3.63, 3.8) is 0 Å². The van der Waals surface area contributed by atoms with Crippen LogP contribution in [0, 0.1) is 5.82 Å². The second kappa shape index (κ2) is 5.97. The molecule has 0 bridgehead atoms. The summed E-state index contributed by atoms with van der Waals surface area (Å²) in [6, 6.07) is 11.7. The van der Waals surface area contributed by atoms with Gasteiger partial charge in [-0.25, -0.2) is 4.39 Å². The lowest BCUT2D eigenvalue weighted by atomic mass is 10.0. The third-order valence-electron chi connectivity index (χ3n) is 2.78. The molecule has 4 heteroatoms. The average molecular weight is 323 g/mol. The van der Waals surface area contributed by atoms with Crippen LogP contribution in [0.5, 0.6) is 5.75 Å². The van der Waals surface area contributed by atoms with E-state index in [0.29, 0.717) is 5.56 Å². The van der Waals surface area contributed by atoms with E-state index in [1.54, 1.807) is 25.3 Å². The molecule has 19 heavy (non-hydrogen) atoms. The fraction of sp³-hybridized carbons (Fsp3) is 0.133. The van der Waals surface area contributed by atoms with Crippen LogP contribution < -0.4 is 4.74 Å². The predicted octanol–water partition coefficient (Wildman–Crippen LogP) is 4.02. The molecule has 0 fully saturated rings. The van der Waals surface area contributed by atoms with E-state index in [-0.39, 0.29) is 16.7 Å². The second-order valence-corrected chi connectivity index (χ2v) is 4.84. The van der Waals surface area contributed by atoms with Crippen LogP contribution in [0.1, 0.15) is 15.9 Å². The number of Topliss-reactive ketones (excluding diaryl/α,β-unsaturated/α-hetero) is 1. The first-order valence-corrected chi connectivity index (χ1v) is 6.51. The van der Waals surface area contributed by atoms with E-state index in [0.717, 1.165) is 11.3 Å². The van der Waals surface area contributed by atoms with Crippen molar-refractivity contribution in [3.8, 4) is 5.75 Å². The molecule has 0 aliphatic heterocycles. The lowest BCUT2D eigenvalue weighted by Crippen LogP contribution is -2.05. The number of ether oxygens (including phenoxy) is 1. The van der Waals surface area contributed by atoms with Crippen LogP contribution in [0.2, 0.25) is 0 Å². The Balaban J connectivity index is 2.18. The van der Waals surface area contributed by atoms with Crippen LogP contribution in [-0.4, -0.2) is 12.9 Å². The minimum absolute atomic E-state index is 0.128. The Morgan fingerprint density at radius 2 is 1.89 bits per heavy atom. The van der Waals surface area contributed by atoms with Crippen LogP contribution in [0.3, 0.4) is 0 Å². The summed E-state index contributed by atoms with van der Waals surface area (Å²) in [5.74, 6) is 0.181. The summed E-state index contributed by atoms with van der Waals surface area (Å²) in [6.07, 6.45) is 0.228. The minimum Gasteiger partial charge on any atom is -0.497 e. The number of rotatable bonds is 4. The molecular weight excluding hydrogens is 311 g/mol. The number of carbonyl (C=O) groups is 1. The largest absolute Gasteiger partial charge is 0.497 e. The monoisotopic (exact) mass is 322 g/mol. The Morgan fingerprint density at radius 1 is 1.21 bits per heavy atom. The smallest absolute Gasteiger partial charge is 0.168 e. The highest BCUT2D eigenvalue weighted by molar-refractivity contribution is 9.10. The molecule has 2 rings (SSSR count). The van der Waals surface area contributed by atoms with Gasteiger partial charge in [-0.15, -0.1) is 0 Å². The Hall–Kier alpha value is -1.68. The molecule has 2 aromatic carbocycles. The molecule has 0 N–H and O–H groups in total. The van der Waals surface area contributed by atoms with Gasteiger partial charge < -0.3 is 4.74 Å². The van der Waals surface area contributed by atoms with Crippen LogP contribution in [0.4, 0.5) is 4.39 Å². The summed E-state index contributed by atoms with van der Waals surface area (Å²) >= 11 is 3.10. The first-order valence-electron chi connectivity index (χ1n) is 5.72. The lowest BCUT2D eigenvalue weighted by Gasteiger charge is -2.05. The first kappa shape index (κ1) is 13.7. The standard InChI is InChI=1S/C15H12BrFO2/c1-19-11-7-5-10(6-8-11)9-14(18)12-3-2-4-13(17)15(12)16/h2-8H,9H2,1H3. The van der Waals surface area contributed by atoms with Crippen molar-refractivity contribution in [2.24, 2.45) is 0 Å². The van der Waals surface area contributed by atoms with Crippen molar-refractivity contribution < 1.29 is 13.9 Å². The Morgan fingerprint density at radius 3 is 2.53 bits per heavy atom. The highest BCUT2D eigenvalue weighted by Gasteiger charge is 2.13. The molecule has 0 saturated heterocycles. The van der Waals surface area contributed by atoms with Crippen LogP contribution >= 0.6 is 15.9 Å². The van der Waals surface area contributed by atoms with E-state index in [9.17, 15) is 9.18 Å². The maximum atomic E-state index is 13.4. The molecule has 0 unspecified atom stereocenters. The van der Waals surface area contributed by atoms with Gasteiger partial charge in [0.1, 0.15) is 11.6 Å². The van der Waals surface area contributed by atoms with Crippen molar-refractivity contribution in [1.29, 1.82) is 0 Å². The molecule has 0 amide bonds. The lowest BCUT2D eigenvalue weighted by molar-refractivity contribution is 0.0991. The molecule has 0 atom stereocenters. The van der Waals surface area contributed by atoms with E-state index < -0.39 is 5.82 Å². The van der Waals surface area contributed by atoms with Gasteiger partial charge in [0.05, 0.1) is 11.6 Å². The third kappa shape index (κ3) is 3.20. The minimum atomic E-state index is -0.430. The summed E-state index contributed by atoms with van der Waals surface area (Å²) in [6.45, 7) is 0. The summed E-state index contributed by atoms with van der Waals surface area (Å²) in [4.78, 5) is 12.1. The zero-order valence-electron chi connectivity index (χ0n) is 10.3. The van der Waals surface area contributed by atoms with Crippen molar-refractivity contribution in [3.05, 3.63) is 63.9 Å². The van der Waals surface area contributed by atoms with Crippen molar-refractivity contribution in [1.82, 2.24) is 0 Å². The molecule has 98 valence electrons. The highest BCUT2D eigenvalue weighted by atomic mass is 79.9. The summed E-state index contributed by atoms with van der Waals surface area (Å²) in [5.41, 5.74) is 1.22. The van der Waals surface area contributed by atoms with Crippen LogP contribution in [0.15, 0.2) is 46.9 Å². The van der Waals surface area contributed by atoms with Gasteiger partial charge in [-0.05, 0) is 39.7 Å². The second-order valence-electron chi connectivity index (χ2n) is 4.05. The molecule has 0 heterocycles. The SMILES string of the molecule is COc1ccc(CC(=O)c2cccc(F)c2Br)cc1. The molecule has 0 spiro atoms. The van der Waals surface area contributed by atoms with Gasteiger partial charge in [0.2, 0.25) is 0 Å². The number of methoxy groups -OCH3 is 1. The van der Waals surface area contributed by atoms with Gasteiger partial charge in [0.15, 0.2) is 5.78 Å². The topological polar surface area (TPSA) is 26.3 Å². The zero-order chi connectivity index (χ0) is 13.8. The number of hydrogen-bond acceptors (Lipinski definition) is 2. The zero-order valence-corrected chi connectivity index (χ0v) is 11.9. The highest BCUT2D eigenvalue weighted by Crippen LogP contribution is 2.22. The van der Waals surface area contributed by atoms with E-state index in [2.05, 4.69) is 15.9 Å². The van der Waals surface area contributed by atoms with Gasteiger partial charge in [-0.3, -0.25) is 4.79 Å². The van der Waals surface area contributed by atoms with Crippen molar-refractivity contribution in [2.45, 2.75) is 6.42 Å². The van der Waals surface area contributed by atoms with Crippen LogP contribution in [-0.2, 0) is 6.42 Å². The molecule has 0 saturated carbocycles. The average Bonchev–Trinajstić information content (AvgIpc) is 2.42. The number of benzene rings is 2. The Labute approximate surface area is 119 Å². The molecule has 2 nitrogen and oxygen atoms in total. The van der Waals surface area contributed by atoms with Gasteiger partial charge in [0, 0.05) is 12.0 Å².